The molecule has 0 fully saturated rings. The number of para-hydroxylation sites is 1. The second-order valence-electron chi connectivity index (χ2n) is 4.43. The van der Waals surface area contributed by atoms with Crippen molar-refractivity contribution in [3.63, 3.8) is 0 Å². The van der Waals surface area contributed by atoms with Gasteiger partial charge in [0, 0.05) is 17.3 Å². The highest BCUT2D eigenvalue weighted by atomic mass is 35.5. The fourth-order valence-corrected chi connectivity index (χ4v) is 1.95. The number of carbonyl (C=O) groups excluding carboxylic acids is 1. The van der Waals surface area contributed by atoms with Crippen LogP contribution in [0.3, 0.4) is 0 Å². The Bertz CT molecular complexity index is 621. The van der Waals surface area contributed by atoms with Gasteiger partial charge in [0.25, 0.3) is 0 Å². The molecule has 0 aliphatic rings. The molecule has 0 bridgehead atoms. The smallest absolute Gasteiger partial charge is 0.335 e. The normalized spacial score (nSPS) is 11.0. The van der Waals surface area contributed by atoms with Crippen LogP contribution in [0.4, 0.5) is 5.69 Å². The molecule has 0 radical (unpaired) electrons. The summed E-state index contributed by atoms with van der Waals surface area (Å²) in [6.07, 6.45) is 1.79. The molecule has 0 atom stereocenters. The Balaban J connectivity index is 2.14. The SMILES string of the molecule is COC(=O)/C(=C/c1ccc(Cl)cc1)CNc1ccccc1. The Morgan fingerprint density at radius 1 is 1.14 bits per heavy atom. The van der Waals surface area contributed by atoms with Gasteiger partial charge in [-0.3, -0.25) is 0 Å². The number of hydrogen-bond donors (Lipinski definition) is 1. The molecule has 0 heterocycles. The molecule has 4 heteroatoms. The summed E-state index contributed by atoms with van der Waals surface area (Å²) < 4.78 is 4.82. The first-order valence-corrected chi connectivity index (χ1v) is 6.90. The van der Waals surface area contributed by atoms with Crippen LogP contribution in [0.1, 0.15) is 5.56 Å². The topological polar surface area (TPSA) is 38.3 Å². The van der Waals surface area contributed by atoms with Gasteiger partial charge in [0.1, 0.15) is 0 Å². The van der Waals surface area contributed by atoms with Crippen molar-refractivity contribution in [3.8, 4) is 0 Å². The summed E-state index contributed by atoms with van der Waals surface area (Å²) in [6.45, 7) is 0.388. The highest BCUT2D eigenvalue weighted by Gasteiger charge is 2.09. The van der Waals surface area contributed by atoms with Crippen LogP contribution in [0.2, 0.25) is 5.02 Å². The average molecular weight is 302 g/mol. The lowest BCUT2D eigenvalue weighted by Gasteiger charge is -2.09. The third-order valence-electron chi connectivity index (χ3n) is 2.92. The van der Waals surface area contributed by atoms with E-state index >= 15 is 0 Å². The molecule has 1 N–H and O–H groups in total. The third-order valence-corrected chi connectivity index (χ3v) is 3.17. The molecule has 0 aromatic heterocycles. The Kier molecular flexibility index (Phi) is 5.41. The van der Waals surface area contributed by atoms with Crippen molar-refractivity contribution in [1.82, 2.24) is 0 Å². The van der Waals surface area contributed by atoms with Gasteiger partial charge in [0.05, 0.1) is 12.7 Å². The molecular formula is C17H16ClNO2. The first-order chi connectivity index (χ1) is 10.2. The molecule has 0 saturated heterocycles. The molecule has 0 aliphatic carbocycles. The fourth-order valence-electron chi connectivity index (χ4n) is 1.83. The Morgan fingerprint density at radius 3 is 2.43 bits per heavy atom. The number of ether oxygens (including phenoxy) is 1. The molecule has 2 aromatic carbocycles. The minimum atomic E-state index is -0.353. The quantitative estimate of drug-likeness (QED) is 0.670. The maximum Gasteiger partial charge on any atom is 0.335 e. The maximum absolute atomic E-state index is 11.8. The fraction of sp³-hybridized carbons (Fsp3) is 0.118. The summed E-state index contributed by atoms with van der Waals surface area (Å²) in [6, 6.07) is 17.0. The minimum Gasteiger partial charge on any atom is -0.466 e. The zero-order valence-corrected chi connectivity index (χ0v) is 12.4. The predicted octanol–water partition coefficient (Wildman–Crippen LogP) is 4.01. The summed E-state index contributed by atoms with van der Waals surface area (Å²) in [5.74, 6) is -0.353. The first kappa shape index (κ1) is 15.1. The van der Waals surface area contributed by atoms with Crippen molar-refractivity contribution in [2.45, 2.75) is 0 Å². The van der Waals surface area contributed by atoms with E-state index in [1.807, 2.05) is 42.5 Å². The standard InChI is InChI=1S/C17H16ClNO2/c1-21-17(20)14(11-13-7-9-15(18)10-8-13)12-19-16-5-3-2-4-6-16/h2-11,19H,12H2,1H3/b14-11+. The van der Waals surface area contributed by atoms with E-state index in [1.54, 1.807) is 18.2 Å². The van der Waals surface area contributed by atoms with Crippen molar-refractivity contribution in [2.24, 2.45) is 0 Å². The maximum atomic E-state index is 11.8. The Morgan fingerprint density at radius 2 is 1.81 bits per heavy atom. The number of carbonyl (C=O) groups is 1. The van der Waals surface area contributed by atoms with Gasteiger partial charge in [-0.2, -0.15) is 0 Å². The summed E-state index contributed by atoms with van der Waals surface area (Å²) >= 11 is 5.85. The lowest BCUT2D eigenvalue weighted by atomic mass is 10.1. The van der Waals surface area contributed by atoms with E-state index in [4.69, 9.17) is 16.3 Å². The van der Waals surface area contributed by atoms with Gasteiger partial charge in [0.2, 0.25) is 0 Å². The van der Waals surface area contributed by atoms with Gasteiger partial charge in [-0.1, -0.05) is 41.9 Å². The molecular weight excluding hydrogens is 286 g/mol. The van der Waals surface area contributed by atoms with E-state index in [0.29, 0.717) is 17.1 Å². The summed E-state index contributed by atoms with van der Waals surface area (Å²) in [4.78, 5) is 11.8. The minimum absolute atomic E-state index is 0.353. The molecule has 0 spiro atoms. The van der Waals surface area contributed by atoms with Gasteiger partial charge in [0.15, 0.2) is 0 Å². The number of esters is 1. The molecule has 0 aliphatic heterocycles. The van der Waals surface area contributed by atoms with Gasteiger partial charge >= 0.3 is 5.97 Å². The van der Waals surface area contributed by atoms with Crippen LogP contribution in [0.5, 0.6) is 0 Å². The van der Waals surface area contributed by atoms with Crippen molar-refractivity contribution in [1.29, 1.82) is 0 Å². The van der Waals surface area contributed by atoms with Crippen molar-refractivity contribution in [3.05, 3.63) is 70.8 Å². The van der Waals surface area contributed by atoms with Crippen LogP contribution in [0, 0.1) is 0 Å². The van der Waals surface area contributed by atoms with Crippen LogP contribution in [0.15, 0.2) is 60.2 Å². The van der Waals surface area contributed by atoms with Crippen LogP contribution in [-0.2, 0) is 9.53 Å². The van der Waals surface area contributed by atoms with Crippen LogP contribution in [-0.4, -0.2) is 19.6 Å². The second-order valence-corrected chi connectivity index (χ2v) is 4.87. The Labute approximate surface area is 129 Å². The molecule has 0 unspecified atom stereocenters. The number of hydrogen-bond acceptors (Lipinski definition) is 3. The van der Waals surface area contributed by atoms with Crippen LogP contribution < -0.4 is 5.32 Å². The van der Waals surface area contributed by atoms with Crippen molar-refractivity contribution < 1.29 is 9.53 Å². The van der Waals surface area contributed by atoms with Crippen LogP contribution in [0.25, 0.3) is 6.08 Å². The number of rotatable bonds is 5. The molecule has 0 saturated carbocycles. The molecule has 3 nitrogen and oxygen atoms in total. The van der Waals surface area contributed by atoms with Crippen LogP contribution >= 0.6 is 11.6 Å². The van der Waals surface area contributed by atoms with Gasteiger partial charge in [-0.25, -0.2) is 4.79 Å². The molecule has 0 amide bonds. The molecule has 21 heavy (non-hydrogen) atoms. The molecule has 2 aromatic rings. The number of anilines is 1. The van der Waals surface area contributed by atoms with E-state index in [1.165, 1.54) is 7.11 Å². The average Bonchev–Trinajstić information content (AvgIpc) is 2.53. The van der Waals surface area contributed by atoms with E-state index in [0.717, 1.165) is 11.3 Å². The third kappa shape index (κ3) is 4.65. The number of nitrogens with one attached hydrogen (secondary N) is 1. The van der Waals surface area contributed by atoms with Gasteiger partial charge in [-0.05, 0) is 35.9 Å². The zero-order chi connectivity index (χ0) is 15.1. The summed E-state index contributed by atoms with van der Waals surface area (Å²) in [7, 11) is 1.38. The largest absolute Gasteiger partial charge is 0.466 e. The van der Waals surface area contributed by atoms with E-state index in [2.05, 4.69) is 5.32 Å². The molecule has 2 rings (SSSR count). The lowest BCUT2D eigenvalue weighted by Crippen LogP contribution is -2.14. The number of benzene rings is 2. The van der Waals surface area contributed by atoms with E-state index in [9.17, 15) is 4.79 Å². The highest BCUT2D eigenvalue weighted by Crippen LogP contribution is 2.14. The summed E-state index contributed by atoms with van der Waals surface area (Å²) in [5, 5.41) is 3.86. The second kappa shape index (κ2) is 7.50. The lowest BCUT2D eigenvalue weighted by molar-refractivity contribution is -0.135. The predicted molar refractivity (Wildman–Crippen MR) is 86.4 cm³/mol. The highest BCUT2D eigenvalue weighted by molar-refractivity contribution is 6.30. The monoisotopic (exact) mass is 301 g/mol. The van der Waals surface area contributed by atoms with Crippen molar-refractivity contribution >= 4 is 29.3 Å². The van der Waals surface area contributed by atoms with E-state index < -0.39 is 0 Å². The molecule has 108 valence electrons. The van der Waals surface area contributed by atoms with Crippen molar-refractivity contribution in [2.75, 3.05) is 19.0 Å². The number of methoxy groups -OCH3 is 1. The van der Waals surface area contributed by atoms with Gasteiger partial charge < -0.3 is 10.1 Å². The van der Waals surface area contributed by atoms with Gasteiger partial charge in [-0.15, -0.1) is 0 Å². The first-order valence-electron chi connectivity index (χ1n) is 6.52. The Hall–Kier alpha value is -2.26. The summed E-state index contributed by atoms with van der Waals surface area (Å²) in [5.41, 5.74) is 2.39. The zero-order valence-electron chi connectivity index (χ0n) is 11.7. The van der Waals surface area contributed by atoms with E-state index in [-0.39, 0.29) is 5.97 Å². The number of halogens is 1.